The van der Waals surface area contributed by atoms with Gasteiger partial charge in [0.15, 0.2) is 11.2 Å². The number of allylic oxidation sites excluding steroid dienone is 1. The minimum absolute atomic E-state index is 0.256. The third-order valence-corrected chi connectivity index (χ3v) is 5.89. The molecule has 0 aliphatic carbocycles. The van der Waals surface area contributed by atoms with Crippen LogP contribution in [0, 0.1) is 0 Å². The Hall–Kier alpha value is -3.43. The van der Waals surface area contributed by atoms with Gasteiger partial charge in [0.2, 0.25) is 5.95 Å². The van der Waals surface area contributed by atoms with E-state index in [0.29, 0.717) is 11.0 Å². The van der Waals surface area contributed by atoms with E-state index in [2.05, 4.69) is 31.4 Å². The molecule has 0 spiro atoms. The average Bonchev–Trinajstić information content (AvgIpc) is 3.16. The molecule has 33 heavy (non-hydrogen) atoms. The van der Waals surface area contributed by atoms with Gasteiger partial charge in [0.1, 0.15) is 0 Å². The van der Waals surface area contributed by atoms with Crippen molar-refractivity contribution in [2.75, 3.05) is 5.43 Å². The standard InChI is InChI=1S/C23H20BrClN6O2/c1-29-20-19(21(32)30(2)23(29)33)31(14-16-10-6-7-11-18(16)25)22(27-20)28-26-13-17(24)12-15-8-4-3-5-9-15/h3-13H,14H2,1-2H3,(H,27,28). The van der Waals surface area contributed by atoms with Gasteiger partial charge in [0.25, 0.3) is 5.56 Å². The molecule has 0 saturated carbocycles. The van der Waals surface area contributed by atoms with Crippen LogP contribution < -0.4 is 16.7 Å². The van der Waals surface area contributed by atoms with Crippen LogP contribution in [-0.4, -0.2) is 24.9 Å². The molecule has 168 valence electrons. The molecule has 0 bridgehead atoms. The first-order valence-corrected chi connectivity index (χ1v) is 11.1. The van der Waals surface area contributed by atoms with Gasteiger partial charge in [0, 0.05) is 23.6 Å². The molecular formula is C23H20BrClN6O2. The lowest BCUT2D eigenvalue weighted by Crippen LogP contribution is -2.37. The van der Waals surface area contributed by atoms with Gasteiger partial charge in [-0.3, -0.25) is 18.5 Å². The molecule has 0 aliphatic heterocycles. The Kier molecular flexibility index (Phi) is 6.62. The average molecular weight is 528 g/mol. The number of anilines is 1. The van der Waals surface area contributed by atoms with Crippen LogP contribution in [0.3, 0.4) is 0 Å². The van der Waals surface area contributed by atoms with Gasteiger partial charge < -0.3 is 0 Å². The summed E-state index contributed by atoms with van der Waals surface area (Å²) in [5.74, 6) is 0.305. The Morgan fingerprint density at radius 2 is 1.79 bits per heavy atom. The summed E-state index contributed by atoms with van der Waals surface area (Å²) >= 11 is 9.83. The fraction of sp³-hybridized carbons (Fsp3) is 0.130. The van der Waals surface area contributed by atoms with Gasteiger partial charge in [0.05, 0.1) is 12.8 Å². The van der Waals surface area contributed by atoms with E-state index in [0.717, 1.165) is 20.2 Å². The first kappa shape index (κ1) is 22.8. The van der Waals surface area contributed by atoms with Crippen molar-refractivity contribution in [2.45, 2.75) is 6.54 Å². The molecular weight excluding hydrogens is 508 g/mol. The first-order valence-electron chi connectivity index (χ1n) is 9.98. The first-order chi connectivity index (χ1) is 15.9. The lowest BCUT2D eigenvalue weighted by Gasteiger charge is -2.10. The van der Waals surface area contributed by atoms with E-state index in [1.54, 1.807) is 23.9 Å². The largest absolute Gasteiger partial charge is 0.332 e. The Labute approximate surface area is 202 Å². The molecule has 10 heteroatoms. The summed E-state index contributed by atoms with van der Waals surface area (Å²) in [5, 5.41) is 4.82. The molecule has 4 aromatic rings. The van der Waals surface area contributed by atoms with E-state index in [4.69, 9.17) is 11.6 Å². The molecule has 0 amide bonds. The van der Waals surface area contributed by atoms with E-state index in [9.17, 15) is 9.59 Å². The summed E-state index contributed by atoms with van der Waals surface area (Å²) < 4.78 is 4.79. The monoisotopic (exact) mass is 526 g/mol. The molecule has 2 aromatic heterocycles. The fourth-order valence-corrected chi connectivity index (χ4v) is 3.94. The highest BCUT2D eigenvalue weighted by Crippen LogP contribution is 2.22. The van der Waals surface area contributed by atoms with Crippen molar-refractivity contribution in [1.82, 2.24) is 18.7 Å². The van der Waals surface area contributed by atoms with Gasteiger partial charge in [-0.2, -0.15) is 10.1 Å². The fourth-order valence-electron chi connectivity index (χ4n) is 3.38. The zero-order valence-electron chi connectivity index (χ0n) is 17.9. The van der Waals surface area contributed by atoms with Crippen LogP contribution in [0.15, 0.2) is 73.8 Å². The van der Waals surface area contributed by atoms with Crippen molar-refractivity contribution >= 4 is 56.9 Å². The van der Waals surface area contributed by atoms with E-state index in [-0.39, 0.29) is 17.7 Å². The highest BCUT2D eigenvalue weighted by molar-refractivity contribution is 9.12. The molecule has 4 rings (SSSR count). The van der Waals surface area contributed by atoms with Crippen molar-refractivity contribution in [3.05, 3.63) is 96.1 Å². The molecule has 0 fully saturated rings. The Bertz CT molecular complexity index is 1500. The Morgan fingerprint density at radius 1 is 1.09 bits per heavy atom. The third kappa shape index (κ3) is 4.69. The van der Waals surface area contributed by atoms with Gasteiger partial charge in [-0.25, -0.2) is 10.2 Å². The number of benzene rings is 2. The molecule has 2 aromatic carbocycles. The minimum Gasteiger partial charge on any atom is -0.298 e. The number of aromatic nitrogens is 4. The summed E-state index contributed by atoms with van der Waals surface area (Å²) in [6, 6.07) is 17.1. The molecule has 0 aliphatic rings. The molecule has 0 atom stereocenters. The summed E-state index contributed by atoms with van der Waals surface area (Å²) in [6.45, 7) is 0.266. The van der Waals surface area contributed by atoms with Crippen molar-refractivity contribution in [2.24, 2.45) is 19.2 Å². The summed E-state index contributed by atoms with van der Waals surface area (Å²) in [7, 11) is 3.01. The number of fused-ring (bicyclic) bond motifs is 1. The van der Waals surface area contributed by atoms with Gasteiger partial charge in [-0.15, -0.1) is 0 Å². The highest BCUT2D eigenvalue weighted by atomic mass is 79.9. The van der Waals surface area contributed by atoms with Crippen molar-refractivity contribution < 1.29 is 0 Å². The van der Waals surface area contributed by atoms with E-state index >= 15 is 0 Å². The Morgan fingerprint density at radius 3 is 2.52 bits per heavy atom. The smallest absolute Gasteiger partial charge is 0.298 e. The maximum Gasteiger partial charge on any atom is 0.332 e. The number of hydrazone groups is 1. The van der Waals surface area contributed by atoms with Crippen LogP contribution in [0.1, 0.15) is 11.1 Å². The number of hydrogen-bond donors (Lipinski definition) is 1. The second kappa shape index (κ2) is 9.60. The second-order valence-corrected chi connectivity index (χ2v) is 8.62. The van der Waals surface area contributed by atoms with Gasteiger partial charge >= 0.3 is 5.69 Å². The van der Waals surface area contributed by atoms with Gasteiger partial charge in [-0.1, -0.05) is 60.1 Å². The van der Waals surface area contributed by atoms with Gasteiger partial charge in [-0.05, 0) is 39.2 Å². The predicted molar refractivity (Wildman–Crippen MR) is 136 cm³/mol. The molecule has 0 radical (unpaired) electrons. The molecule has 0 saturated heterocycles. The number of aryl methyl sites for hydroxylation is 1. The SMILES string of the molecule is Cn1c(=O)c2c(nc(NN=CC(Br)=Cc3ccccc3)n2Cc2ccccc2Cl)n(C)c1=O. The number of nitrogens with one attached hydrogen (secondary N) is 1. The highest BCUT2D eigenvalue weighted by Gasteiger charge is 2.19. The van der Waals surface area contributed by atoms with Crippen LogP contribution in [0.4, 0.5) is 5.95 Å². The lowest BCUT2D eigenvalue weighted by molar-refractivity contribution is 0.702. The zero-order chi connectivity index (χ0) is 23.5. The molecule has 8 nitrogen and oxygen atoms in total. The summed E-state index contributed by atoms with van der Waals surface area (Å²) in [6.07, 6.45) is 3.50. The maximum absolute atomic E-state index is 13.0. The van der Waals surface area contributed by atoms with E-state index in [1.807, 2.05) is 54.6 Å². The number of rotatable bonds is 6. The number of imidazole rings is 1. The topological polar surface area (TPSA) is 86.2 Å². The minimum atomic E-state index is -0.460. The number of halogens is 2. The van der Waals surface area contributed by atoms with Crippen LogP contribution in [0.2, 0.25) is 5.02 Å². The number of nitrogens with zero attached hydrogens (tertiary/aromatic N) is 5. The molecule has 0 unspecified atom stereocenters. The normalized spacial score (nSPS) is 12.1. The summed E-state index contributed by atoms with van der Waals surface area (Å²) in [4.78, 5) is 29.9. The van der Waals surface area contributed by atoms with Crippen LogP contribution in [-0.2, 0) is 20.6 Å². The third-order valence-electron chi connectivity index (χ3n) is 5.09. The number of hydrogen-bond acceptors (Lipinski definition) is 5. The van der Waals surface area contributed by atoms with Crippen molar-refractivity contribution in [3.8, 4) is 0 Å². The predicted octanol–water partition coefficient (Wildman–Crippen LogP) is 3.97. The zero-order valence-corrected chi connectivity index (χ0v) is 20.2. The lowest BCUT2D eigenvalue weighted by atomic mass is 10.2. The van der Waals surface area contributed by atoms with Crippen molar-refractivity contribution in [3.63, 3.8) is 0 Å². The van der Waals surface area contributed by atoms with E-state index < -0.39 is 11.2 Å². The van der Waals surface area contributed by atoms with Crippen LogP contribution in [0.5, 0.6) is 0 Å². The van der Waals surface area contributed by atoms with E-state index in [1.165, 1.54) is 11.6 Å². The maximum atomic E-state index is 13.0. The van der Waals surface area contributed by atoms with Crippen molar-refractivity contribution in [1.29, 1.82) is 0 Å². The molecule has 1 N–H and O–H groups in total. The Balaban J connectivity index is 1.77. The quantitative estimate of drug-likeness (QED) is 0.304. The van der Waals surface area contributed by atoms with Crippen LogP contribution >= 0.6 is 27.5 Å². The summed E-state index contributed by atoms with van der Waals surface area (Å²) in [5.41, 5.74) is 4.33. The van der Waals surface area contributed by atoms with Crippen LogP contribution in [0.25, 0.3) is 17.2 Å². The molecule has 2 heterocycles. The second-order valence-electron chi connectivity index (χ2n) is 7.30.